The Balaban J connectivity index is 1.41. The number of thioether (sulfide) groups is 1. The van der Waals surface area contributed by atoms with Crippen LogP contribution in [-0.2, 0) is 17.6 Å². The van der Waals surface area contributed by atoms with Gasteiger partial charge in [-0.15, -0.1) is 21.5 Å². The summed E-state index contributed by atoms with van der Waals surface area (Å²) < 4.78 is 5.63. The second kappa shape index (κ2) is 9.26. The second-order valence-electron chi connectivity index (χ2n) is 8.82. The molecule has 9 heteroatoms. The Labute approximate surface area is 200 Å². The van der Waals surface area contributed by atoms with Crippen LogP contribution in [-0.4, -0.2) is 21.9 Å². The molecular weight excluding hydrogens is 464 g/mol. The van der Waals surface area contributed by atoms with Crippen LogP contribution in [0.25, 0.3) is 11.5 Å². The minimum atomic E-state index is -0.213. The lowest BCUT2D eigenvalue weighted by molar-refractivity contribution is -0.113. The lowest BCUT2D eigenvalue weighted by Crippen LogP contribution is -2.26. The van der Waals surface area contributed by atoms with E-state index in [1.165, 1.54) is 16.2 Å². The molecule has 2 aromatic heterocycles. The average molecular weight is 487 g/mol. The molecule has 2 heterocycles. The highest BCUT2D eigenvalue weighted by molar-refractivity contribution is 7.99. The Morgan fingerprint density at radius 2 is 2.16 bits per heavy atom. The van der Waals surface area contributed by atoms with Crippen LogP contribution in [0.1, 0.15) is 43.2 Å². The van der Waals surface area contributed by atoms with Gasteiger partial charge in [-0.05, 0) is 48.3 Å². The normalized spacial score (nSPS) is 15.8. The van der Waals surface area contributed by atoms with Crippen molar-refractivity contribution in [3.8, 4) is 17.5 Å². The van der Waals surface area contributed by atoms with E-state index in [-0.39, 0.29) is 22.3 Å². The minimum Gasteiger partial charge on any atom is -0.411 e. The van der Waals surface area contributed by atoms with E-state index < -0.39 is 0 Å². The number of carbonyl (C=O) groups excluding carboxylic acids is 1. The van der Waals surface area contributed by atoms with Crippen LogP contribution in [0.4, 0.5) is 5.00 Å². The van der Waals surface area contributed by atoms with E-state index in [0.29, 0.717) is 33.0 Å². The number of thiophene rings is 1. The maximum atomic E-state index is 12.6. The fourth-order valence-corrected chi connectivity index (χ4v) is 5.91. The van der Waals surface area contributed by atoms with Crippen LogP contribution in [0.5, 0.6) is 0 Å². The highest BCUT2D eigenvalue weighted by Crippen LogP contribution is 2.44. The summed E-state index contributed by atoms with van der Waals surface area (Å²) in [5, 5.41) is 22.1. The van der Waals surface area contributed by atoms with Gasteiger partial charge < -0.3 is 9.73 Å². The number of anilines is 1. The van der Waals surface area contributed by atoms with Gasteiger partial charge in [0.05, 0.1) is 21.9 Å². The molecule has 6 nitrogen and oxygen atoms in total. The molecule has 1 atom stereocenters. The first kappa shape index (κ1) is 22.8. The Bertz CT molecular complexity index is 1190. The number of benzene rings is 1. The third-order valence-corrected chi connectivity index (χ3v) is 8.01. The summed E-state index contributed by atoms with van der Waals surface area (Å²) in [6.45, 7) is 6.78. The van der Waals surface area contributed by atoms with E-state index in [9.17, 15) is 10.1 Å². The number of aromatic nitrogens is 2. The SMILES string of the molecule is CC(C)(C)[C@H]1CCc2c(sc(NC(=O)CSc3nnc(-c4ccccc4Cl)o3)c2C#N)C1. The highest BCUT2D eigenvalue weighted by atomic mass is 35.5. The Morgan fingerprint density at radius 1 is 1.38 bits per heavy atom. The van der Waals surface area contributed by atoms with Crippen LogP contribution in [0.2, 0.25) is 5.02 Å². The molecular formula is C23H23ClN4O2S2. The first-order chi connectivity index (χ1) is 15.3. The maximum absolute atomic E-state index is 12.6. The second-order valence-corrected chi connectivity index (χ2v) is 11.3. The standard InChI is InChI=1S/C23H23ClN4O2S2/c1-23(2,3)13-8-9-14-16(11-25)21(32-18(14)10-13)26-19(29)12-31-22-28-27-20(30-22)15-6-4-5-7-17(15)24/h4-7,13H,8-10,12H2,1-3H3,(H,26,29)/t13-/m0/s1. The molecule has 0 aliphatic heterocycles. The number of hydrogen-bond acceptors (Lipinski definition) is 7. The van der Waals surface area contributed by atoms with Crippen molar-refractivity contribution in [2.45, 2.75) is 45.3 Å². The molecule has 1 aromatic carbocycles. The maximum Gasteiger partial charge on any atom is 0.277 e. The largest absolute Gasteiger partial charge is 0.411 e. The summed E-state index contributed by atoms with van der Waals surface area (Å²) in [6, 6.07) is 9.50. The van der Waals surface area contributed by atoms with E-state index in [1.54, 1.807) is 12.1 Å². The molecule has 0 fully saturated rings. The molecule has 0 saturated heterocycles. The zero-order chi connectivity index (χ0) is 22.9. The van der Waals surface area contributed by atoms with Gasteiger partial charge in [-0.3, -0.25) is 4.79 Å². The summed E-state index contributed by atoms with van der Waals surface area (Å²) in [5.41, 5.74) is 2.58. The monoisotopic (exact) mass is 486 g/mol. The number of nitrogens with zero attached hydrogens (tertiary/aromatic N) is 3. The molecule has 0 saturated carbocycles. The van der Waals surface area contributed by atoms with E-state index in [4.69, 9.17) is 16.0 Å². The van der Waals surface area contributed by atoms with Crippen molar-refractivity contribution in [1.82, 2.24) is 10.2 Å². The quantitative estimate of drug-likeness (QED) is 0.431. The summed E-state index contributed by atoms with van der Waals surface area (Å²) in [7, 11) is 0. The average Bonchev–Trinajstić information content (AvgIpc) is 3.35. The first-order valence-electron chi connectivity index (χ1n) is 10.3. The highest BCUT2D eigenvalue weighted by Gasteiger charge is 2.32. The number of nitriles is 1. The lowest BCUT2D eigenvalue weighted by atomic mass is 9.72. The van der Waals surface area contributed by atoms with Crippen LogP contribution < -0.4 is 5.32 Å². The predicted molar refractivity (Wildman–Crippen MR) is 128 cm³/mol. The van der Waals surface area contributed by atoms with Crippen molar-refractivity contribution in [3.63, 3.8) is 0 Å². The molecule has 1 N–H and O–H groups in total. The van der Waals surface area contributed by atoms with Gasteiger partial charge in [0.1, 0.15) is 11.1 Å². The van der Waals surface area contributed by atoms with Crippen LogP contribution in [0.3, 0.4) is 0 Å². The topological polar surface area (TPSA) is 91.8 Å². The third kappa shape index (κ3) is 4.85. The van der Waals surface area contributed by atoms with Gasteiger partial charge in [0.15, 0.2) is 0 Å². The molecule has 0 spiro atoms. The van der Waals surface area contributed by atoms with Crippen molar-refractivity contribution in [2.24, 2.45) is 11.3 Å². The zero-order valence-electron chi connectivity index (χ0n) is 18.1. The third-order valence-electron chi connectivity index (χ3n) is 5.69. The van der Waals surface area contributed by atoms with Crippen LogP contribution in [0.15, 0.2) is 33.9 Å². The molecule has 3 aromatic rings. The van der Waals surface area contributed by atoms with Crippen molar-refractivity contribution < 1.29 is 9.21 Å². The molecule has 0 bridgehead atoms. The van der Waals surface area contributed by atoms with Crippen molar-refractivity contribution in [2.75, 3.05) is 11.1 Å². The summed E-state index contributed by atoms with van der Waals surface area (Å²) in [4.78, 5) is 13.8. The molecule has 1 aliphatic rings. The zero-order valence-corrected chi connectivity index (χ0v) is 20.5. The van der Waals surface area contributed by atoms with E-state index in [2.05, 4.69) is 42.4 Å². The Hall–Kier alpha value is -2.34. The lowest BCUT2D eigenvalue weighted by Gasteiger charge is -2.33. The molecule has 166 valence electrons. The Morgan fingerprint density at radius 3 is 2.88 bits per heavy atom. The van der Waals surface area contributed by atoms with E-state index in [1.807, 2.05) is 12.1 Å². The van der Waals surface area contributed by atoms with Gasteiger partial charge in [0, 0.05) is 4.88 Å². The van der Waals surface area contributed by atoms with E-state index >= 15 is 0 Å². The van der Waals surface area contributed by atoms with Gasteiger partial charge in [-0.2, -0.15) is 5.26 Å². The van der Waals surface area contributed by atoms with Crippen LogP contribution in [0, 0.1) is 22.7 Å². The van der Waals surface area contributed by atoms with Crippen molar-refractivity contribution >= 4 is 45.6 Å². The number of rotatable bonds is 5. The summed E-state index contributed by atoms with van der Waals surface area (Å²) in [6.07, 6.45) is 2.90. The number of amides is 1. The fourth-order valence-electron chi connectivity index (χ4n) is 3.83. The van der Waals surface area contributed by atoms with Gasteiger partial charge in [-0.1, -0.05) is 56.3 Å². The van der Waals surface area contributed by atoms with Crippen LogP contribution >= 0.6 is 34.7 Å². The van der Waals surface area contributed by atoms with Gasteiger partial charge in [-0.25, -0.2) is 0 Å². The van der Waals surface area contributed by atoms with Crippen molar-refractivity contribution in [3.05, 3.63) is 45.3 Å². The molecule has 0 radical (unpaired) electrons. The molecule has 4 rings (SSSR count). The Kier molecular flexibility index (Phi) is 6.61. The van der Waals surface area contributed by atoms with Gasteiger partial charge in [0.25, 0.3) is 5.22 Å². The number of fused-ring (bicyclic) bond motifs is 1. The molecule has 1 aliphatic carbocycles. The smallest absolute Gasteiger partial charge is 0.277 e. The molecule has 1 amide bonds. The van der Waals surface area contributed by atoms with E-state index in [0.717, 1.165) is 36.6 Å². The number of halogens is 1. The molecule has 0 unspecified atom stereocenters. The fraction of sp³-hybridized carbons (Fsp3) is 0.391. The number of carbonyl (C=O) groups is 1. The van der Waals surface area contributed by atoms with Gasteiger partial charge in [0.2, 0.25) is 11.8 Å². The van der Waals surface area contributed by atoms with Crippen molar-refractivity contribution in [1.29, 1.82) is 5.26 Å². The minimum absolute atomic E-state index is 0.0994. The number of nitrogens with one attached hydrogen (secondary N) is 1. The number of hydrogen-bond donors (Lipinski definition) is 1. The molecule has 32 heavy (non-hydrogen) atoms. The summed E-state index contributed by atoms with van der Waals surface area (Å²) >= 11 is 8.84. The predicted octanol–water partition coefficient (Wildman–Crippen LogP) is 6.20. The van der Waals surface area contributed by atoms with Gasteiger partial charge >= 0.3 is 0 Å². The summed E-state index contributed by atoms with van der Waals surface area (Å²) in [5.74, 6) is 0.770. The first-order valence-corrected chi connectivity index (χ1v) is 12.5.